The molecule has 6 nitrogen and oxygen atoms in total. The van der Waals surface area contributed by atoms with Gasteiger partial charge in [-0.15, -0.1) is 12.6 Å². The van der Waals surface area contributed by atoms with E-state index in [-0.39, 0.29) is 0 Å². The van der Waals surface area contributed by atoms with Gasteiger partial charge >= 0.3 is 0 Å². The van der Waals surface area contributed by atoms with Crippen LogP contribution in [0.1, 0.15) is 13.8 Å². The van der Waals surface area contributed by atoms with Gasteiger partial charge in [-0.25, -0.2) is 0 Å². The fraction of sp³-hybridized carbons (Fsp3) is 1.00. The minimum Gasteiger partial charge on any atom is -0.394 e. The lowest BCUT2D eigenvalue weighted by molar-refractivity contribution is -0.375. The molecule has 0 bridgehead atoms. The molecule has 16 heavy (non-hydrogen) atoms. The van der Waals surface area contributed by atoms with E-state index in [4.69, 9.17) is 9.84 Å². The second kappa shape index (κ2) is 4.41. The van der Waals surface area contributed by atoms with Crippen LogP contribution < -0.4 is 0 Å². The lowest BCUT2D eigenvalue weighted by Gasteiger charge is -2.52. The molecule has 96 valence electrons. The molecule has 0 amide bonds. The van der Waals surface area contributed by atoms with Crippen molar-refractivity contribution in [3.63, 3.8) is 0 Å². The van der Waals surface area contributed by atoms with E-state index in [0.717, 1.165) is 0 Å². The Hall–Kier alpha value is 0.110. The summed E-state index contributed by atoms with van der Waals surface area (Å²) in [4.78, 5) is -2.31. The van der Waals surface area contributed by atoms with E-state index in [1.165, 1.54) is 0 Å². The first kappa shape index (κ1) is 14.2. The molecule has 0 radical (unpaired) electrons. The molecule has 1 rings (SSSR count). The SMILES string of the molecule is CC(C)C1(O)O[C@H](CO)[C@@H](O)[C@H](O)[C@@]1(O)S. The molecule has 5 atom stereocenters. The quantitative estimate of drug-likeness (QED) is 0.253. The zero-order chi connectivity index (χ0) is 12.7. The Morgan fingerprint density at radius 2 is 1.81 bits per heavy atom. The minimum atomic E-state index is -2.31. The van der Waals surface area contributed by atoms with Crippen molar-refractivity contribution in [2.75, 3.05) is 6.61 Å². The molecular weight excluding hydrogens is 236 g/mol. The highest BCUT2D eigenvalue weighted by atomic mass is 32.1. The summed E-state index contributed by atoms with van der Waals surface area (Å²) in [7, 11) is 0. The molecule has 0 aliphatic carbocycles. The summed E-state index contributed by atoms with van der Waals surface area (Å²) < 4.78 is 5.05. The first-order valence-electron chi connectivity index (χ1n) is 5.00. The van der Waals surface area contributed by atoms with Crippen molar-refractivity contribution < 1.29 is 30.3 Å². The fourth-order valence-corrected chi connectivity index (χ4v) is 2.21. The first-order chi connectivity index (χ1) is 7.18. The second-order valence-corrected chi connectivity index (χ2v) is 5.03. The Morgan fingerprint density at radius 1 is 1.31 bits per heavy atom. The summed E-state index contributed by atoms with van der Waals surface area (Å²) in [6, 6.07) is 0. The molecule has 5 N–H and O–H groups in total. The predicted molar refractivity (Wildman–Crippen MR) is 57.7 cm³/mol. The Labute approximate surface area is 98.9 Å². The number of hydrogen-bond acceptors (Lipinski definition) is 7. The fourth-order valence-electron chi connectivity index (χ4n) is 1.75. The summed E-state index contributed by atoms with van der Waals surface area (Å²) in [6.07, 6.45) is -4.42. The second-order valence-electron chi connectivity index (χ2n) is 4.35. The van der Waals surface area contributed by atoms with Gasteiger partial charge in [-0.3, -0.25) is 0 Å². The molecule has 0 aromatic heterocycles. The van der Waals surface area contributed by atoms with Gasteiger partial charge < -0.3 is 30.3 Å². The third-order valence-electron chi connectivity index (χ3n) is 2.94. The maximum atomic E-state index is 10.1. The molecule has 1 heterocycles. The zero-order valence-electron chi connectivity index (χ0n) is 9.11. The van der Waals surface area contributed by atoms with Gasteiger partial charge in [-0.05, 0) is 0 Å². The number of aliphatic hydroxyl groups is 5. The van der Waals surface area contributed by atoms with Gasteiger partial charge in [0.15, 0.2) is 4.93 Å². The molecule has 0 aromatic rings. The van der Waals surface area contributed by atoms with Crippen molar-refractivity contribution in [3.05, 3.63) is 0 Å². The van der Waals surface area contributed by atoms with Gasteiger partial charge in [0.25, 0.3) is 0 Å². The largest absolute Gasteiger partial charge is 0.394 e. The number of hydrogen-bond donors (Lipinski definition) is 6. The highest BCUT2D eigenvalue weighted by Gasteiger charge is 2.62. The average Bonchev–Trinajstić information content (AvgIpc) is 2.21. The van der Waals surface area contributed by atoms with Crippen LogP contribution in [0.5, 0.6) is 0 Å². The lowest BCUT2D eigenvalue weighted by Crippen LogP contribution is -2.72. The Balaban J connectivity index is 3.10. The van der Waals surface area contributed by atoms with Crippen LogP contribution in [0, 0.1) is 5.92 Å². The van der Waals surface area contributed by atoms with Crippen LogP contribution in [0.2, 0.25) is 0 Å². The van der Waals surface area contributed by atoms with Gasteiger partial charge in [0.1, 0.15) is 18.3 Å². The Kier molecular flexibility index (Phi) is 3.91. The summed E-state index contributed by atoms with van der Waals surface area (Å²) in [5.41, 5.74) is 0. The first-order valence-corrected chi connectivity index (χ1v) is 5.45. The van der Waals surface area contributed by atoms with Crippen molar-refractivity contribution in [2.45, 2.75) is 42.9 Å². The van der Waals surface area contributed by atoms with Crippen molar-refractivity contribution in [1.82, 2.24) is 0 Å². The molecule has 1 fully saturated rings. The van der Waals surface area contributed by atoms with Gasteiger partial charge in [0.05, 0.1) is 6.61 Å². The predicted octanol–water partition coefficient (Wildman–Crippen LogP) is -1.94. The van der Waals surface area contributed by atoms with Gasteiger partial charge in [-0.2, -0.15) is 0 Å². The molecule has 0 aromatic carbocycles. The monoisotopic (exact) mass is 254 g/mol. The molecule has 7 heteroatoms. The van der Waals surface area contributed by atoms with E-state index in [9.17, 15) is 20.4 Å². The molecule has 1 aliphatic rings. The summed E-state index contributed by atoms with van der Waals surface area (Å²) >= 11 is 3.76. The van der Waals surface area contributed by atoms with Gasteiger partial charge in [0.2, 0.25) is 5.79 Å². The van der Waals surface area contributed by atoms with Crippen LogP contribution in [-0.4, -0.2) is 61.2 Å². The summed E-state index contributed by atoms with van der Waals surface area (Å²) in [5.74, 6) is -2.74. The number of thiol groups is 1. The number of ether oxygens (including phenoxy) is 1. The van der Waals surface area contributed by atoms with Crippen LogP contribution in [0.4, 0.5) is 0 Å². The topological polar surface area (TPSA) is 110 Å². The molecule has 1 unspecified atom stereocenters. The minimum absolute atomic E-state index is 0.586. The smallest absolute Gasteiger partial charge is 0.210 e. The van der Waals surface area contributed by atoms with E-state index >= 15 is 0 Å². The van der Waals surface area contributed by atoms with Crippen molar-refractivity contribution in [1.29, 1.82) is 0 Å². The van der Waals surface area contributed by atoms with E-state index in [1.54, 1.807) is 13.8 Å². The third-order valence-corrected chi connectivity index (χ3v) is 3.52. The average molecular weight is 254 g/mol. The van der Waals surface area contributed by atoms with E-state index in [1.807, 2.05) is 0 Å². The van der Waals surface area contributed by atoms with Crippen LogP contribution in [0.15, 0.2) is 0 Å². The Bertz CT molecular complexity index is 258. The standard InChI is InChI=1S/C9H18O6S/c1-4(2)8(13)9(14,16)7(12)6(11)5(3-10)15-8/h4-7,10-14,16H,3H2,1-2H3/t5-,6-,7+,8?,9-/m1/s1. The van der Waals surface area contributed by atoms with Gasteiger partial charge in [0, 0.05) is 5.92 Å². The van der Waals surface area contributed by atoms with Crippen LogP contribution in [-0.2, 0) is 4.74 Å². The normalized spacial score (nSPS) is 49.7. The third kappa shape index (κ3) is 1.86. The molecular formula is C9H18O6S. The van der Waals surface area contributed by atoms with E-state index in [0.29, 0.717) is 0 Å². The zero-order valence-corrected chi connectivity index (χ0v) is 10.0. The van der Waals surface area contributed by atoms with Crippen molar-refractivity contribution in [3.8, 4) is 0 Å². The van der Waals surface area contributed by atoms with Crippen molar-refractivity contribution in [2.24, 2.45) is 5.92 Å². The molecule has 0 spiro atoms. The molecule has 1 saturated heterocycles. The summed E-state index contributed by atoms with van der Waals surface area (Å²) in [5, 5.41) is 48.2. The highest BCUT2D eigenvalue weighted by Crippen LogP contribution is 2.43. The summed E-state index contributed by atoms with van der Waals surface area (Å²) in [6.45, 7) is 2.53. The number of aliphatic hydroxyl groups excluding tert-OH is 3. The molecule has 1 aliphatic heterocycles. The highest BCUT2D eigenvalue weighted by molar-refractivity contribution is 7.81. The van der Waals surface area contributed by atoms with Crippen LogP contribution in [0.3, 0.4) is 0 Å². The number of rotatable bonds is 2. The van der Waals surface area contributed by atoms with Crippen molar-refractivity contribution >= 4 is 12.6 Å². The van der Waals surface area contributed by atoms with Crippen LogP contribution >= 0.6 is 12.6 Å². The van der Waals surface area contributed by atoms with E-state index in [2.05, 4.69) is 12.6 Å². The Morgan fingerprint density at radius 3 is 2.19 bits per heavy atom. The lowest BCUT2D eigenvalue weighted by atomic mass is 9.85. The molecule has 0 saturated carbocycles. The van der Waals surface area contributed by atoms with Crippen LogP contribution in [0.25, 0.3) is 0 Å². The maximum absolute atomic E-state index is 10.1. The van der Waals surface area contributed by atoms with E-state index < -0.39 is 41.6 Å². The van der Waals surface area contributed by atoms with Gasteiger partial charge in [-0.1, -0.05) is 13.8 Å². The maximum Gasteiger partial charge on any atom is 0.210 e.